The van der Waals surface area contributed by atoms with E-state index in [0.717, 1.165) is 10.0 Å². The summed E-state index contributed by atoms with van der Waals surface area (Å²) in [6.07, 6.45) is 1.79. The van der Waals surface area contributed by atoms with Gasteiger partial charge in [0.05, 0.1) is 0 Å². The van der Waals surface area contributed by atoms with E-state index in [9.17, 15) is 4.79 Å². The smallest absolute Gasteiger partial charge is 0.274 e. The van der Waals surface area contributed by atoms with Crippen molar-refractivity contribution in [2.24, 2.45) is 0 Å². The number of halogens is 2. The summed E-state index contributed by atoms with van der Waals surface area (Å²) in [5.74, 6) is 0.643. The fraction of sp³-hybridized carbons (Fsp3) is 0.0500. The summed E-state index contributed by atoms with van der Waals surface area (Å²) in [5, 5.41) is 7.42. The molecule has 0 unspecified atom stereocenters. The average molecular weight is 458 g/mol. The SMILES string of the molecule is O=C(Cn1cccc1-c1nc(-c2ccc(Br)cc2)no1)Nc1cccc(Cl)c1. The van der Waals surface area contributed by atoms with Gasteiger partial charge in [0.1, 0.15) is 12.2 Å². The van der Waals surface area contributed by atoms with Gasteiger partial charge in [-0.25, -0.2) is 0 Å². The third-order valence-electron chi connectivity index (χ3n) is 4.00. The highest BCUT2D eigenvalue weighted by Gasteiger charge is 2.15. The number of carbonyl (C=O) groups excluding carboxylic acids is 1. The molecular weight excluding hydrogens is 444 g/mol. The number of benzene rings is 2. The summed E-state index contributed by atoms with van der Waals surface area (Å²) in [4.78, 5) is 16.8. The normalized spacial score (nSPS) is 10.8. The monoisotopic (exact) mass is 456 g/mol. The van der Waals surface area contributed by atoms with Crippen LogP contribution in [0, 0.1) is 0 Å². The van der Waals surface area contributed by atoms with Crippen LogP contribution < -0.4 is 5.32 Å². The number of rotatable bonds is 5. The van der Waals surface area contributed by atoms with E-state index in [1.165, 1.54) is 0 Å². The Balaban J connectivity index is 1.51. The summed E-state index contributed by atoms with van der Waals surface area (Å²) in [6.45, 7) is 0.102. The number of aromatic nitrogens is 3. The van der Waals surface area contributed by atoms with Crippen LogP contribution in [0.1, 0.15) is 0 Å². The van der Waals surface area contributed by atoms with Crippen molar-refractivity contribution in [3.8, 4) is 23.0 Å². The highest BCUT2D eigenvalue weighted by atomic mass is 79.9. The van der Waals surface area contributed by atoms with Crippen LogP contribution in [-0.4, -0.2) is 20.6 Å². The van der Waals surface area contributed by atoms with Crippen molar-refractivity contribution in [1.82, 2.24) is 14.7 Å². The van der Waals surface area contributed by atoms with Gasteiger partial charge in [-0.2, -0.15) is 4.98 Å². The molecule has 4 rings (SSSR count). The molecule has 2 aromatic heterocycles. The number of hydrogen-bond acceptors (Lipinski definition) is 4. The lowest BCUT2D eigenvalue weighted by Crippen LogP contribution is -2.18. The second-order valence-electron chi connectivity index (χ2n) is 6.01. The van der Waals surface area contributed by atoms with E-state index in [2.05, 4.69) is 31.4 Å². The molecule has 0 radical (unpaired) electrons. The molecule has 0 fully saturated rings. The minimum absolute atomic E-state index is 0.102. The maximum Gasteiger partial charge on any atom is 0.274 e. The minimum atomic E-state index is -0.188. The first kappa shape index (κ1) is 18.5. The second kappa shape index (κ2) is 8.00. The molecule has 2 aromatic carbocycles. The Labute approximate surface area is 174 Å². The van der Waals surface area contributed by atoms with E-state index in [0.29, 0.717) is 28.1 Å². The van der Waals surface area contributed by atoms with Crippen molar-refractivity contribution >= 4 is 39.1 Å². The standard InChI is InChI=1S/C20H14BrClN4O2/c21-14-8-6-13(7-9-14)19-24-20(28-25-19)17-5-2-10-26(17)12-18(27)23-16-4-1-3-15(22)11-16/h1-11H,12H2,(H,23,27). The second-order valence-corrected chi connectivity index (χ2v) is 7.36. The number of nitrogens with one attached hydrogen (secondary N) is 1. The molecule has 1 N–H and O–H groups in total. The summed E-state index contributed by atoms with van der Waals surface area (Å²) in [7, 11) is 0. The quantitative estimate of drug-likeness (QED) is 0.444. The first-order valence-electron chi connectivity index (χ1n) is 8.39. The van der Waals surface area contributed by atoms with E-state index >= 15 is 0 Å². The lowest BCUT2D eigenvalue weighted by atomic mass is 10.2. The van der Waals surface area contributed by atoms with Crippen molar-refractivity contribution < 1.29 is 9.32 Å². The molecule has 0 aliphatic rings. The Kier molecular flexibility index (Phi) is 5.27. The fourth-order valence-electron chi connectivity index (χ4n) is 2.71. The summed E-state index contributed by atoms with van der Waals surface area (Å²) < 4.78 is 8.13. The molecule has 28 heavy (non-hydrogen) atoms. The van der Waals surface area contributed by atoms with Crippen molar-refractivity contribution in [2.45, 2.75) is 6.54 Å². The van der Waals surface area contributed by atoms with Crippen LogP contribution in [0.4, 0.5) is 5.69 Å². The third kappa shape index (κ3) is 4.16. The van der Waals surface area contributed by atoms with Gasteiger partial charge in [-0.3, -0.25) is 4.79 Å². The number of amides is 1. The highest BCUT2D eigenvalue weighted by molar-refractivity contribution is 9.10. The van der Waals surface area contributed by atoms with Crippen molar-refractivity contribution in [3.63, 3.8) is 0 Å². The van der Waals surface area contributed by atoms with Gasteiger partial charge in [0, 0.05) is 26.9 Å². The van der Waals surface area contributed by atoms with Crippen molar-refractivity contribution in [1.29, 1.82) is 0 Å². The lowest BCUT2D eigenvalue weighted by molar-refractivity contribution is -0.116. The number of hydrogen-bond donors (Lipinski definition) is 1. The first-order chi connectivity index (χ1) is 13.6. The lowest BCUT2D eigenvalue weighted by Gasteiger charge is -2.08. The Hall–Kier alpha value is -2.90. The molecule has 4 aromatic rings. The van der Waals surface area contributed by atoms with Gasteiger partial charge < -0.3 is 14.4 Å². The zero-order valence-electron chi connectivity index (χ0n) is 14.5. The van der Waals surface area contributed by atoms with Gasteiger partial charge in [-0.05, 0) is 54.6 Å². The number of anilines is 1. The van der Waals surface area contributed by atoms with E-state index < -0.39 is 0 Å². The molecule has 0 aliphatic carbocycles. The molecule has 2 heterocycles. The first-order valence-corrected chi connectivity index (χ1v) is 9.56. The van der Waals surface area contributed by atoms with Crippen LogP contribution in [-0.2, 0) is 11.3 Å². The van der Waals surface area contributed by atoms with E-state index in [4.69, 9.17) is 16.1 Å². The van der Waals surface area contributed by atoms with E-state index in [1.807, 2.05) is 36.4 Å². The van der Waals surface area contributed by atoms with Crippen LogP contribution in [0.5, 0.6) is 0 Å². The molecule has 0 atom stereocenters. The van der Waals surface area contributed by atoms with E-state index in [-0.39, 0.29) is 12.5 Å². The van der Waals surface area contributed by atoms with Gasteiger partial charge in [0.25, 0.3) is 5.89 Å². The minimum Gasteiger partial charge on any atom is -0.334 e. The van der Waals surface area contributed by atoms with Crippen molar-refractivity contribution in [2.75, 3.05) is 5.32 Å². The Morgan fingerprint density at radius 1 is 1.14 bits per heavy atom. The molecular formula is C20H14BrClN4O2. The fourth-order valence-corrected chi connectivity index (χ4v) is 3.17. The van der Waals surface area contributed by atoms with Gasteiger partial charge in [0.15, 0.2) is 0 Å². The van der Waals surface area contributed by atoms with Gasteiger partial charge in [0.2, 0.25) is 11.7 Å². The van der Waals surface area contributed by atoms with E-state index in [1.54, 1.807) is 35.0 Å². The van der Waals surface area contributed by atoms with Gasteiger partial charge >= 0.3 is 0 Å². The molecule has 0 saturated heterocycles. The highest BCUT2D eigenvalue weighted by Crippen LogP contribution is 2.24. The number of carbonyl (C=O) groups is 1. The van der Waals surface area contributed by atoms with Crippen LogP contribution in [0.25, 0.3) is 23.0 Å². The molecule has 140 valence electrons. The van der Waals surface area contributed by atoms with Crippen LogP contribution in [0.3, 0.4) is 0 Å². The molecule has 0 bridgehead atoms. The Bertz CT molecular complexity index is 1120. The third-order valence-corrected chi connectivity index (χ3v) is 4.76. The molecule has 0 spiro atoms. The van der Waals surface area contributed by atoms with Crippen LogP contribution >= 0.6 is 27.5 Å². The van der Waals surface area contributed by atoms with Crippen LogP contribution in [0.2, 0.25) is 5.02 Å². The van der Waals surface area contributed by atoms with Gasteiger partial charge in [-0.1, -0.05) is 38.8 Å². The van der Waals surface area contributed by atoms with Crippen LogP contribution in [0.15, 0.2) is 75.9 Å². The largest absolute Gasteiger partial charge is 0.334 e. The zero-order chi connectivity index (χ0) is 19.5. The molecule has 0 saturated carbocycles. The molecule has 1 amide bonds. The molecule has 8 heteroatoms. The van der Waals surface area contributed by atoms with Gasteiger partial charge in [-0.15, -0.1) is 0 Å². The maximum atomic E-state index is 12.4. The summed E-state index contributed by atoms with van der Waals surface area (Å²) in [5.41, 5.74) is 2.15. The Morgan fingerprint density at radius 2 is 1.96 bits per heavy atom. The van der Waals surface area contributed by atoms with Crippen molar-refractivity contribution in [3.05, 3.63) is 76.4 Å². The summed E-state index contributed by atoms with van der Waals surface area (Å²) in [6, 6.07) is 18.3. The Morgan fingerprint density at radius 3 is 2.75 bits per heavy atom. The molecule has 0 aliphatic heterocycles. The topological polar surface area (TPSA) is 73.0 Å². The summed E-state index contributed by atoms with van der Waals surface area (Å²) >= 11 is 9.35. The maximum absolute atomic E-state index is 12.4. The molecule has 6 nitrogen and oxygen atoms in total. The number of nitrogens with zero attached hydrogens (tertiary/aromatic N) is 3. The average Bonchev–Trinajstić information content (AvgIpc) is 3.31. The predicted octanol–water partition coefficient (Wildman–Crippen LogP) is 5.26. The predicted molar refractivity (Wildman–Crippen MR) is 111 cm³/mol. The zero-order valence-corrected chi connectivity index (χ0v) is 16.8.